The van der Waals surface area contributed by atoms with Crippen LogP contribution in [0.4, 0.5) is 0 Å². The lowest BCUT2D eigenvalue weighted by molar-refractivity contribution is 0.559. The van der Waals surface area contributed by atoms with Gasteiger partial charge in [-0.05, 0) is 37.6 Å². The van der Waals surface area contributed by atoms with Crippen LogP contribution >= 0.6 is 0 Å². The second-order valence-corrected chi connectivity index (χ2v) is 3.83. The normalized spacial score (nSPS) is 10.7. The van der Waals surface area contributed by atoms with Crippen LogP contribution in [0.2, 0.25) is 0 Å². The molecule has 0 aromatic carbocycles. The topological polar surface area (TPSA) is 71.3 Å². The van der Waals surface area contributed by atoms with Crippen molar-refractivity contribution < 1.29 is 4.42 Å². The zero-order chi connectivity index (χ0) is 13.1. The van der Waals surface area contributed by atoms with Gasteiger partial charge in [0.15, 0.2) is 0 Å². The Bertz CT molecular complexity index is 688. The Labute approximate surface area is 104 Å². The Kier molecular flexibility index (Phi) is 3.11. The second kappa shape index (κ2) is 4.72. The predicted octanol–water partition coefficient (Wildman–Crippen LogP) is 1.81. The molecule has 0 amide bonds. The monoisotopic (exact) mass is 241 g/mol. The van der Waals surface area contributed by atoms with Gasteiger partial charge in [0.05, 0.1) is 12.5 Å². The van der Waals surface area contributed by atoms with E-state index in [0.29, 0.717) is 17.0 Å². The fourth-order valence-electron chi connectivity index (χ4n) is 1.64. The van der Waals surface area contributed by atoms with Crippen molar-refractivity contribution in [3.8, 4) is 6.07 Å². The van der Waals surface area contributed by atoms with Crippen LogP contribution in [0.15, 0.2) is 38.8 Å². The van der Waals surface area contributed by atoms with Crippen LogP contribution in [0, 0.1) is 25.2 Å². The lowest BCUT2D eigenvalue weighted by Crippen LogP contribution is -2.22. The van der Waals surface area contributed by atoms with E-state index in [1.807, 2.05) is 6.07 Å². The molecule has 0 N–H and O–H groups in total. The summed E-state index contributed by atoms with van der Waals surface area (Å²) in [5.41, 5.74) is 1.01. The molecule has 0 aliphatic heterocycles. The van der Waals surface area contributed by atoms with Crippen LogP contribution in [0.1, 0.15) is 22.6 Å². The molecule has 5 heteroatoms. The molecule has 2 heterocycles. The minimum atomic E-state index is -0.419. The maximum atomic E-state index is 12.0. The van der Waals surface area contributed by atoms with Gasteiger partial charge in [-0.15, -0.1) is 0 Å². The number of hydrogen-bond donors (Lipinski definition) is 0. The van der Waals surface area contributed by atoms with E-state index in [2.05, 4.69) is 5.10 Å². The summed E-state index contributed by atoms with van der Waals surface area (Å²) in [4.78, 5) is 12.0. The van der Waals surface area contributed by atoms with E-state index in [0.717, 1.165) is 0 Å². The number of nitriles is 1. The summed E-state index contributed by atoms with van der Waals surface area (Å²) in [6, 6.07) is 7.10. The molecular weight excluding hydrogens is 230 g/mol. The number of aryl methyl sites for hydroxylation is 2. The molecule has 0 saturated carbocycles. The Balaban J connectivity index is 2.53. The van der Waals surface area contributed by atoms with Crippen LogP contribution in [0.5, 0.6) is 0 Å². The molecular formula is C13H11N3O2. The van der Waals surface area contributed by atoms with E-state index in [4.69, 9.17) is 9.68 Å². The highest BCUT2D eigenvalue weighted by molar-refractivity contribution is 5.75. The van der Waals surface area contributed by atoms with Crippen LogP contribution in [-0.4, -0.2) is 10.9 Å². The van der Waals surface area contributed by atoms with Gasteiger partial charge in [0, 0.05) is 5.69 Å². The van der Waals surface area contributed by atoms with Gasteiger partial charge < -0.3 is 4.42 Å². The van der Waals surface area contributed by atoms with Crippen molar-refractivity contribution in [1.29, 1.82) is 5.26 Å². The van der Waals surface area contributed by atoms with Gasteiger partial charge in [0.1, 0.15) is 17.4 Å². The number of pyridine rings is 1. The van der Waals surface area contributed by atoms with Crippen LogP contribution in [0.25, 0.3) is 0 Å². The molecule has 0 unspecified atom stereocenters. The zero-order valence-electron chi connectivity index (χ0n) is 10.0. The number of furan rings is 1. The molecule has 0 bridgehead atoms. The van der Waals surface area contributed by atoms with Crippen molar-refractivity contribution in [3.05, 3.63) is 57.4 Å². The summed E-state index contributed by atoms with van der Waals surface area (Å²) in [6.07, 6.45) is 2.96. The Morgan fingerprint density at radius 3 is 2.89 bits per heavy atom. The molecule has 0 saturated heterocycles. The average molecular weight is 241 g/mol. The highest BCUT2D eigenvalue weighted by Crippen LogP contribution is 2.05. The molecule has 0 atom stereocenters. The second-order valence-electron chi connectivity index (χ2n) is 3.83. The lowest BCUT2D eigenvalue weighted by atomic mass is 10.1. The molecule has 2 aromatic rings. The number of nitrogens with zero attached hydrogens (tertiary/aromatic N) is 3. The van der Waals surface area contributed by atoms with Gasteiger partial charge in [-0.1, -0.05) is 0 Å². The Morgan fingerprint density at radius 2 is 2.28 bits per heavy atom. The largest absolute Gasteiger partial charge is 0.463 e. The highest BCUT2D eigenvalue weighted by Gasteiger charge is 2.08. The molecule has 18 heavy (non-hydrogen) atoms. The minimum absolute atomic E-state index is 0.109. The summed E-state index contributed by atoms with van der Waals surface area (Å²) in [7, 11) is 0. The van der Waals surface area contributed by atoms with Crippen molar-refractivity contribution in [2.75, 3.05) is 0 Å². The number of hydrogen-bond acceptors (Lipinski definition) is 4. The maximum Gasteiger partial charge on any atom is 0.289 e. The highest BCUT2D eigenvalue weighted by atomic mass is 16.3. The average Bonchev–Trinajstić information content (AvgIpc) is 2.81. The molecule has 2 rings (SSSR count). The molecule has 0 aliphatic carbocycles. The SMILES string of the molecule is Cc1cc(C)n(N=Cc2ccco2)c(=O)c1C#N. The zero-order valence-corrected chi connectivity index (χ0v) is 10.0. The first-order valence-corrected chi connectivity index (χ1v) is 5.34. The molecule has 0 fully saturated rings. The predicted molar refractivity (Wildman–Crippen MR) is 66.6 cm³/mol. The number of rotatable bonds is 2. The van der Waals surface area contributed by atoms with Crippen molar-refractivity contribution in [2.45, 2.75) is 13.8 Å². The summed E-state index contributed by atoms with van der Waals surface area (Å²) < 4.78 is 6.27. The van der Waals surface area contributed by atoms with Crippen LogP contribution in [0.3, 0.4) is 0 Å². The van der Waals surface area contributed by atoms with E-state index < -0.39 is 5.56 Å². The molecule has 2 aromatic heterocycles. The van der Waals surface area contributed by atoms with E-state index in [9.17, 15) is 4.79 Å². The van der Waals surface area contributed by atoms with E-state index in [1.165, 1.54) is 17.2 Å². The van der Waals surface area contributed by atoms with Crippen LogP contribution in [-0.2, 0) is 0 Å². The van der Waals surface area contributed by atoms with E-state index in [1.54, 1.807) is 32.0 Å². The Hall–Kier alpha value is -2.61. The maximum absolute atomic E-state index is 12.0. The Morgan fingerprint density at radius 1 is 1.50 bits per heavy atom. The van der Waals surface area contributed by atoms with Gasteiger partial charge in [-0.2, -0.15) is 10.4 Å². The fourth-order valence-corrected chi connectivity index (χ4v) is 1.64. The molecule has 0 radical (unpaired) electrons. The standard InChI is InChI=1S/C13H11N3O2/c1-9-6-10(2)16(13(17)12(9)7-14)15-8-11-4-3-5-18-11/h3-6,8H,1-2H3. The summed E-state index contributed by atoms with van der Waals surface area (Å²) in [6.45, 7) is 3.49. The summed E-state index contributed by atoms with van der Waals surface area (Å²) in [5.74, 6) is 0.542. The van der Waals surface area contributed by atoms with Gasteiger partial charge in [0.2, 0.25) is 0 Å². The first kappa shape index (κ1) is 11.9. The van der Waals surface area contributed by atoms with Crippen molar-refractivity contribution in [3.63, 3.8) is 0 Å². The van der Waals surface area contributed by atoms with E-state index >= 15 is 0 Å². The molecule has 5 nitrogen and oxygen atoms in total. The van der Waals surface area contributed by atoms with E-state index in [-0.39, 0.29) is 5.56 Å². The van der Waals surface area contributed by atoms with Gasteiger partial charge >= 0.3 is 0 Å². The smallest absolute Gasteiger partial charge is 0.289 e. The molecule has 0 aliphatic rings. The molecule has 0 spiro atoms. The van der Waals surface area contributed by atoms with Crippen molar-refractivity contribution in [2.24, 2.45) is 5.10 Å². The third-order valence-corrected chi connectivity index (χ3v) is 2.52. The third-order valence-electron chi connectivity index (χ3n) is 2.52. The van der Waals surface area contributed by atoms with Crippen LogP contribution < -0.4 is 5.56 Å². The first-order valence-electron chi connectivity index (χ1n) is 5.34. The first-order chi connectivity index (χ1) is 8.63. The van der Waals surface area contributed by atoms with Crippen molar-refractivity contribution in [1.82, 2.24) is 4.68 Å². The fraction of sp³-hybridized carbons (Fsp3) is 0.154. The number of aromatic nitrogens is 1. The van der Waals surface area contributed by atoms with Gasteiger partial charge in [0.25, 0.3) is 5.56 Å². The summed E-state index contributed by atoms with van der Waals surface area (Å²) >= 11 is 0. The van der Waals surface area contributed by atoms with Gasteiger partial charge in [-0.25, -0.2) is 4.68 Å². The minimum Gasteiger partial charge on any atom is -0.463 e. The molecule has 90 valence electrons. The lowest BCUT2D eigenvalue weighted by Gasteiger charge is -2.05. The summed E-state index contributed by atoms with van der Waals surface area (Å²) in [5, 5.41) is 13.0. The van der Waals surface area contributed by atoms with Crippen molar-refractivity contribution >= 4 is 6.21 Å². The quantitative estimate of drug-likeness (QED) is 0.753. The third kappa shape index (κ3) is 2.09. The van der Waals surface area contributed by atoms with Gasteiger partial charge in [-0.3, -0.25) is 4.79 Å².